The van der Waals surface area contributed by atoms with E-state index in [1.807, 2.05) is 6.07 Å². The quantitative estimate of drug-likeness (QED) is 0.465. The average Bonchev–Trinajstić information content (AvgIpc) is 3.12. The molecule has 1 aromatic carbocycles. The van der Waals surface area contributed by atoms with Gasteiger partial charge in [-0.05, 0) is 31.0 Å². The van der Waals surface area contributed by atoms with Gasteiger partial charge in [0, 0.05) is 36.8 Å². The third-order valence-corrected chi connectivity index (χ3v) is 7.61. The summed E-state index contributed by atoms with van der Waals surface area (Å²) in [6, 6.07) is 7.91. The van der Waals surface area contributed by atoms with Crippen LogP contribution in [0.2, 0.25) is 10.2 Å². The van der Waals surface area contributed by atoms with Crippen LogP contribution in [0, 0.1) is 0 Å². The van der Waals surface area contributed by atoms with Crippen molar-refractivity contribution >= 4 is 56.3 Å². The van der Waals surface area contributed by atoms with E-state index in [0.717, 1.165) is 31.3 Å². The number of amides is 1. The minimum absolute atomic E-state index is 0.193. The van der Waals surface area contributed by atoms with Crippen molar-refractivity contribution in [2.75, 3.05) is 48.7 Å². The fourth-order valence-corrected chi connectivity index (χ4v) is 5.86. The number of aromatic nitrogens is 3. The van der Waals surface area contributed by atoms with Gasteiger partial charge in [-0.2, -0.15) is 9.61 Å². The Balaban J connectivity index is 1.55. The van der Waals surface area contributed by atoms with E-state index in [0.29, 0.717) is 60.8 Å². The smallest absolute Gasteiger partial charge is 0.256 e. The molecule has 13 heteroatoms. The zero-order valence-corrected chi connectivity index (χ0v) is 22.7. The van der Waals surface area contributed by atoms with Crippen molar-refractivity contribution in [3.05, 3.63) is 51.8 Å². The molecule has 2 aromatic heterocycles. The van der Waals surface area contributed by atoms with E-state index in [2.05, 4.69) is 14.6 Å². The molecule has 0 radical (unpaired) electrons. The first-order valence-electron chi connectivity index (χ1n) is 12.2. The fourth-order valence-electron chi connectivity index (χ4n) is 4.92. The van der Waals surface area contributed by atoms with Gasteiger partial charge >= 0.3 is 0 Å². The second-order valence-electron chi connectivity index (χ2n) is 9.30. The number of carbonyl (C=O) groups excluding carboxylic acids is 1. The lowest BCUT2D eigenvalue weighted by molar-refractivity contribution is 0.0678. The van der Waals surface area contributed by atoms with Crippen LogP contribution in [0.1, 0.15) is 47.8 Å². The number of ether oxygens (including phenoxy) is 1. The highest BCUT2D eigenvalue weighted by Crippen LogP contribution is 2.34. The molecular weight excluding hydrogens is 539 g/mol. The van der Waals surface area contributed by atoms with Gasteiger partial charge < -0.3 is 14.5 Å². The van der Waals surface area contributed by atoms with Crippen LogP contribution in [0.5, 0.6) is 0 Å². The van der Waals surface area contributed by atoms with E-state index >= 15 is 0 Å². The van der Waals surface area contributed by atoms with Crippen LogP contribution in [0.3, 0.4) is 0 Å². The predicted octanol–water partition coefficient (Wildman–Crippen LogP) is 4.00. The van der Waals surface area contributed by atoms with Crippen LogP contribution in [0.15, 0.2) is 30.3 Å². The van der Waals surface area contributed by atoms with E-state index in [9.17, 15) is 13.2 Å². The van der Waals surface area contributed by atoms with E-state index in [4.69, 9.17) is 33.0 Å². The normalized spacial score (nSPS) is 19.2. The van der Waals surface area contributed by atoms with Gasteiger partial charge in [-0.3, -0.25) is 9.52 Å². The molecule has 1 N–H and O–H groups in total. The Bertz CT molecular complexity index is 1420. The summed E-state index contributed by atoms with van der Waals surface area (Å²) in [4.78, 5) is 22.3. The Morgan fingerprint density at radius 2 is 1.86 bits per heavy atom. The number of fused-ring (bicyclic) bond motifs is 1. The Labute approximate surface area is 225 Å². The van der Waals surface area contributed by atoms with Gasteiger partial charge in [-0.15, -0.1) is 0 Å². The van der Waals surface area contributed by atoms with Gasteiger partial charge in [0.05, 0.1) is 42.5 Å². The summed E-state index contributed by atoms with van der Waals surface area (Å²) in [5.74, 6) is 0.516. The number of likely N-dealkylation sites (tertiary alicyclic amines) is 1. The SMILES string of the molecule is CS(=O)(=O)Nc1ccc(Cl)cc1C(=O)N1CCCCCC1c1cc2nc(Cl)cc(N3CCOCC3)n2n1. The minimum atomic E-state index is -3.60. The summed E-state index contributed by atoms with van der Waals surface area (Å²) >= 11 is 12.6. The van der Waals surface area contributed by atoms with E-state index in [1.165, 1.54) is 12.1 Å². The summed E-state index contributed by atoms with van der Waals surface area (Å²) < 4.78 is 33.6. The molecule has 3 aromatic rings. The Morgan fingerprint density at radius 1 is 1.08 bits per heavy atom. The molecule has 5 rings (SSSR count). The maximum Gasteiger partial charge on any atom is 0.256 e. The van der Waals surface area contributed by atoms with E-state index in [1.54, 1.807) is 21.5 Å². The van der Waals surface area contributed by atoms with E-state index < -0.39 is 10.0 Å². The first-order valence-corrected chi connectivity index (χ1v) is 14.8. The van der Waals surface area contributed by atoms with Crippen molar-refractivity contribution in [1.29, 1.82) is 0 Å². The lowest BCUT2D eigenvalue weighted by Crippen LogP contribution is -2.37. The Hall–Kier alpha value is -2.60. The number of rotatable bonds is 5. The lowest BCUT2D eigenvalue weighted by atomic mass is 10.0. The zero-order valence-electron chi connectivity index (χ0n) is 20.4. The van der Waals surface area contributed by atoms with Crippen molar-refractivity contribution in [1.82, 2.24) is 19.5 Å². The molecule has 0 spiro atoms. The molecule has 198 valence electrons. The van der Waals surface area contributed by atoms with Crippen LogP contribution in [0.4, 0.5) is 11.5 Å². The first-order chi connectivity index (χ1) is 17.7. The molecule has 2 aliphatic rings. The number of morpholine rings is 1. The molecule has 37 heavy (non-hydrogen) atoms. The van der Waals surface area contributed by atoms with Crippen LogP contribution in [0.25, 0.3) is 5.65 Å². The molecule has 10 nitrogen and oxygen atoms in total. The van der Waals surface area contributed by atoms with Crippen LogP contribution < -0.4 is 9.62 Å². The molecule has 0 aliphatic carbocycles. The van der Waals surface area contributed by atoms with Crippen LogP contribution >= 0.6 is 23.2 Å². The van der Waals surface area contributed by atoms with Gasteiger partial charge in [0.15, 0.2) is 5.65 Å². The summed E-state index contributed by atoms with van der Waals surface area (Å²) in [6.45, 7) is 3.16. The third kappa shape index (κ3) is 5.79. The van der Waals surface area contributed by atoms with Crippen molar-refractivity contribution in [2.45, 2.75) is 31.7 Å². The standard InChI is InChI=1S/C24H28Cl2N6O4S/c1-37(34,35)29-18-7-6-16(25)13-17(18)24(33)31-8-4-2-3-5-20(31)19-14-22-27-21(26)15-23(32(22)28-19)30-9-11-36-12-10-30/h6-7,13-15,20,29H,2-5,8-12H2,1H3. The highest BCUT2D eigenvalue weighted by atomic mass is 35.5. The predicted molar refractivity (Wildman–Crippen MR) is 143 cm³/mol. The Morgan fingerprint density at radius 3 is 2.62 bits per heavy atom. The van der Waals surface area contributed by atoms with Gasteiger partial charge in [0.25, 0.3) is 5.91 Å². The first kappa shape index (κ1) is 26.0. The average molecular weight is 567 g/mol. The second kappa shape index (κ2) is 10.6. The lowest BCUT2D eigenvalue weighted by Gasteiger charge is -2.30. The molecule has 2 saturated heterocycles. The summed E-state index contributed by atoms with van der Waals surface area (Å²) in [7, 11) is -3.60. The molecule has 1 atom stereocenters. The summed E-state index contributed by atoms with van der Waals surface area (Å²) in [5.41, 5.74) is 1.70. The number of hydrogen-bond acceptors (Lipinski definition) is 7. The molecule has 1 unspecified atom stereocenters. The van der Waals surface area contributed by atoms with Gasteiger partial charge in [0.1, 0.15) is 11.0 Å². The molecule has 1 amide bonds. The largest absolute Gasteiger partial charge is 0.378 e. The molecule has 4 heterocycles. The summed E-state index contributed by atoms with van der Waals surface area (Å²) in [5, 5.41) is 5.61. The topological polar surface area (TPSA) is 109 Å². The number of hydrogen-bond donors (Lipinski definition) is 1. The highest BCUT2D eigenvalue weighted by Gasteiger charge is 2.32. The number of carbonyl (C=O) groups is 1. The van der Waals surface area contributed by atoms with Gasteiger partial charge in [0.2, 0.25) is 10.0 Å². The van der Waals surface area contributed by atoms with Crippen molar-refractivity contribution < 1.29 is 17.9 Å². The molecule has 2 aliphatic heterocycles. The van der Waals surface area contributed by atoms with Crippen LogP contribution in [-0.4, -0.2) is 72.9 Å². The number of nitrogens with one attached hydrogen (secondary N) is 1. The van der Waals surface area contributed by atoms with Gasteiger partial charge in [-0.25, -0.2) is 13.4 Å². The number of sulfonamides is 1. The zero-order chi connectivity index (χ0) is 26.2. The second-order valence-corrected chi connectivity index (χ2v) is 11.9. The number of halogens is 2. The molecular formula is C24H28Cl2N6O4S. The fraction of sp³-hybridized carbons (Fsp3) is 0.458. The monoisotopic (exact) mass is 566 g/mol. The maximum absolute atomic E-state index is 13.9. The maximum atomic E-state index is 13.9. The number of anilines is 2. The van der Waals surface area contributed by atoms with Gasteiger partial charge in [-0.1, -0.05) is 36.0 Å². The van der Waals surface area contributed by atoms with Crippen molar-refractivity contribution in [3.63, 3.8) is 0 Å². The number of nitrogens with zero attached hydrogens (tertiary/aromatic N) is 5. The summed E-state index contributed by atoms with van der Waals surface area (Å²) in [6.07, 6.45) is 4.49. The minimum Gasteiger partial charge on any atom is -0.378 e. The van der Waals surface area contributed by atoms with Crippen molar-refractivity contribution in [3.8, 4) is 0 Å². The highest BCUT2D eigenvalue weighted by molar-refractivity contribution is 7.92. The molecule has 2 fully saturated rings. The van der Waals surface area contributed by atoms with Crippen molar-refractivity contribution in [2.24, 2.45) is 0 Å². The number of benzene rings is 1. The third-order valence-electron chi connectivity index (χ3n) is 6.59. The molecule has 0 saturated carbocycles. The molecule has 0 bridgehead atoms. The van der Waals surface area contributed by atoms with Crippen LogP contribution in [-0.2, 0) is 14.8 Å². The Kier molecular flexibility index (Phi) is 7.49. The van der Waals surface area contributed by atoms with E-state index in [-0.39, 0.29) is 23.2 Å².